The third-order valence-corrected chi connectivity index (χ3v) is 2.82. The number of nitrogens with one attached hydrogen (secondary N) is 1. The lowest BCUT2D eigenvalue weighted by molar-refractivity contribution is -0.141. The molecule has 0 fully saturated rings. The van der Waals surface area contributed by atoms with Gasteiger partial charge in [0, 0.05) is 0 Å². The fourth-order valence-corrected chi connectivity index (χ4v) is 1.48. The number of hydrogen-bond donors (Lipinski definition) is 2. The summed E-state index contributed by atoms with van der Waals surface area (Å²) >= 11 is 5.96. The van der Waals surface area contributed by atoms with Gasteiger partial charge in [-0.3, -0.25) is 9.59 Å². The highest BCUT2D eigenvalue weighted by atomic mass is 35.5. The van der Waals surface area contributed by atoms with Gasteiger partial charge in [-0.2, -0.15) is 0 Å². The Morgan fingerprint density at radius 3 is 2.33 bits per heavy atom. The molecule has 18 heavy (non-hydrogen) atoms. The van der Waals surface area contributed by atoms with Crippen molar-refractivity contribution in [3.63, 3.8) is 0 Å². The van der Waals surface area contributed by atoms with Gasteiger partial charge in [-0.25, -0.2) is 0 Å². The van der Waals surface area contributed by atoms with Crippen molar-refractivity contribution in [3.8, 4) is 5.75 Å². The van der Waals surface area contributed by atoms with Crippen LogP contribution in [0.1, 0.15) is 17.9 Å². The monoisotopic (exact) mass is 271 g/mol. The van der Waals surface area contributed by atoms with Crippen molar-refractivity contribution in [3.05, 3.63) is 29.8 Å². The highest BCUT2D eigenvalue weighted by Gasteiger charge is 2.21. The van der Waals surface area contributed by atoms with Crippen LogP contribution in [0.3, 0.4) is 0 Å². The molecule has 0 aromatic heterocycles. The summed E-state index contributed by atoms with van der Waals surface area (Å²) in [5.41, 5.74) is 0.576. The normalized spacial score (nSPS) is 13.5. The molecule has 6 heteroatoms. The fourth-order valence-electron chi connectivity index (χ4n) is 1.27. The molecule has 0 spiro atoms. The molecular weight excluding hydrogens is 258 g/mol. The Morgan fingerprint density at radius 1 is 1.33 bits per heavy atom. The third kappa shape index (κ3) is 3.63. The predicted molar refractivity (Wildman–Crippen MR) is 66.8 cm³/mol. The van der Waals surface area contributed by atoms with E-state index in [0.717, 1.165) is 0 Å². The Morgan fingerprint density at radius 2 is 1.89 bits per heavy atom. The zero-order valence-electron chi connectivity index (χ0n) is 10.0. The predicted octanol–water partition coefficient (Wildman–Crippen LogP) is 1.56. The van der Waals surface area contributed by atoms with Gasteiger partial charge in [-0.15, -0.1) is 11.6 Å². The lowest BCUT2D eigenvalue weighted by atomic mass is 10.1. The second-order valence-electron chi connectivity index (χ2n) is 3.70. The number of carbonyl (C=O) groups is 2. The van der Waals surface area contributed by atoms with Gasteiger partial charge in [0.05, 0.1) is 7.11 Å². The van der Waals surface area contributed by atoms with E-state index >= 15 is 0 Å². The number of carbonyl (C=O) groups excluding carboxylic acids is 1. The molecule has 5 nitrogen and oxygen atoms in total. The van der Waals surface area contributed by atoms with E-state index in [1.165, 1.54) is 14.0 Å². The smallest absolute Gasteiger partial charge is 0.325 e. The average Bonchev–Trinajstić information content (AvgIpc) is 2.37. The van der Waals surface area contributed by atoms with Crippen LogP contribution in [-0.2, 0) is 9.59 Å². The molecule has 0 aliphatic rings. The molecule has 0 bridgehead atoms. The highest BCUT2D eigenvalue weighted by molar-refractivity contribution is 6.30. The lowest BCUT2D eigenvalue weighted by Crippen LogP contribution is -2.39. The molecule has 2 atom stereocenters. The molecule has 1 aromatic rings. The second kappa shape index (κ2) is 6.26. The summed E-state index contributed by atoms with van der Waals surface area (Å²) < 4.78 is 4.98. The molecule has 0 aliphatic carbocycles. The van der Waals surface area contributed by atoms with Crippen molar-refractivity contribution in [2.75, 3.05) is 7.11 Å². The lowest BCUT2D eigenvalue weighted by Gasteiger charge is -2.13. The summed E-state index contributed by atoms with van der Waals surface area (Å²) in [7, 11) is 1.54. The number of halogens is 1. The molecular formula is C12H14ClNO4. The zero-order chi connectivity index (χ0) is 13.7. The standard InChI is InChI=1S/C12H14ClNO4/c1-7(12(16)17)14-11(15)10(13)8-3-5-9(18-2)6-4-8/h3-7,10H,1-2H3,(H,14,15)(H,16,17). The number of carboxylic acid groups (broad SMARTS) is 1. The summed E-state index contributed by atoms with van der Waals surface area (Å²) in [4.78, 5) is 22.3. The summed E-state index contributed by atoms with van der Waals surface area (Å²) in [6, 6.07) is 5.69. The molecule has 1 rings (SSSR count). The quantitative estimate of drug-likeness (QED) is 0.797. The van der Waals surface area contributed by atoms with Crippen LogP contribution in [0.25, 0.3) is 0 Å². The summed E-state index contributed by atoms with van der Waals surface area (Å²) in [5, 5.41) is 10.0. The zero-order valence-corrected chi connectivity index (χ0v) is 10.8. The van der Waals surface area contributed by atoms with Crippen LogP contribution in [0.2, 0.25) is 0 Å². The van der Waals surface area contributed by atoms with E-state index in [1.807, 2.05) is 0 Å². The van der Waals surface area contributed by atoms with Crippen molar-refractivity contribution in [2.45, 2.75) is 18.3 Å². The maximum absolute atomic E-state index is 11.7. The molecule has 1 aromatic carbocycles. The molecule has 2 unspecified atom stereocenters. The first-order chi connectivity index (χ1) is 8.45. The van der Waals surface area contributed by atoms with Crippen molar-refractivity contribution in [2.24, 2.45) is 0 Å². The number of amides is 1. The van der Waals surface area contributed by atoms with Gasteiger partial charge in [0.15, 0.2) is 0 Å². The van der Waals surface area contributed by atoms with E-state index in [9.17, 15) is 9.59 Å². The number of aliphatic carboxylic acids is 1. The summed E-state index contributed by atoms with van der Waals surface area (Å²) in [6.45, 7) is 1.37. The number of alkyl halides is 1. The molecule has 98 valence electrons. The SMILES string of the molecule is COc1ccc(C(Cl)C(=O)NC(C)C(=O)O)cc1. The second-order valence-corrected chi connectivity index (χ2v) is 4.14. The summed E-state index contributed by atoms with van der Waals surface area (Å²) in [5.74, 6) is -0.999. The van der Waals surface area contributed by atoms with E-state index in [4.69, 9.17) is 21.4 Å². The van der Waals surface area contributed by atoms with Crippen LogP contribution in [0.4, 0.5) is 0 Å². The number of benzene rings is 1. The van der Waals surface area contributed by atoms with Crippen LogP contribution in [-0.4, -0.2) is 30.1 Å². The van der Waals surface area contributed by atoms with Gasteiger partial charge in [0.1, 0.15) is 17.2 Å². The first-order valence-electron chi connectivity index (χ1n) is 5.27. The first-order valence-corrected chi connectivity index (χ1v) is 5.70. The minimum Gasteiger partial charge on any atom is -0.497 e. The van der Waals surface area contributed by atoms with E-state index in [0.29, 0.717) is 11.3 Å². The van der Waals surface area contributed by atoms with Crippen LogP contribution in [0, 0.1) is 0 Å². The Bertz CT molecular complexity index is 432. The average molecular weight is 272 g/mol. The van der Waals surface area contributed by atoms with E-state index < -0.39 is 23.3 Å². The van der Waals surface area contributed by atoms with E-state index in [2.05, 4.69) is 5.32 Å². The summed E-state index contributed by atoms with van der Waals surface area (Å²) in [6.07, 6.45) is 0. The topological polar surface area (TPSA) is 75.6 Å². The Kier molecular flexibility index (Phi) is 4.97. The van der Waals surface area contributed by atoms with Crippen LogP contribution in [0.5, 0.6) is 5.75 Å². The largest absolute Gasteiger partial charge is 0.497 e. The van der Waals surface area contributed by atoms with Crippen molar-refractivity contribution in [1.82, 2.24) is 5.32 Å². The number of ether oxygens (including phenoxy) is 1. The molecule has 1 amide bonds. The van der Waals surface area contributed by atoms with Crippen LogP contribution < -0.4 is 10.1 Å². The highest BCUT2D eigenvalue weighted by Crippen LogP contribution is 2.23. The molecule has 0 aliphatic heterocycles. The third-order valence-electron chi connectivity index (χ3n) is 2.37. The maximum Gasteiger partial charge on any atom is 0.325 e. The van der Waals surface area contributed by atoms with Gasteiger partial charge in [0.25, 0.3) is 0 Å². The number of hydrogen-bond acceptors (Lipinski definition) is 3. The maximum atomic E-state index is 11.7. The minimum absolute atomic E-state index is 0.545. The number of methoxy groups -OCH3 is 1. The van der Waals surface area contributed by atoms with Gasteiger partial charge >= 0.3 is 5.97 Å². The molecule has 0 saturated carbocycles. The van der Waals surface area contributed by atoms with Crippen molar-refractivity contribution < 1.29 is 19.4 Å². The molecule has 0 saturated heterocycles. The van der Waals surface area contributed by atoms with Gasteiger partial charge < -0.3 is 15.2 Å². The molecule has 0 radical (unpaired) electrons. The van der Waals surface area contributed by atoms with E-state index in [1.54, 1.807) is 24.3 Å². The van der Waals surface area contributed by atoms with Crippen LogP contribution >= 0.6 is 11.6 Å². The Balaban J connectivity index is 2.70. The molecule has 2 N–H and O–H groups in total. The van der Waals surface area contributed by atoms with E-state index in [-0.39, 0.29) is 0 Å². The van der Waals surface area contributed by atoms with Crippen molar-refractivity contribution in [1.29, 1.82) is 0 Å². The molecule has 0 heterocycles. The van der Waals surface area contributed by atoms with Gasteiger partial charge in [-0.05, 0) is 24.6 Å². The Labute approximate surface area is 110 Å². The number of carboxylic acids is 1. The first kappa shape index (κ1) is 14.3. The van der Waals surface area contributed by atoms with Crippen molar-refractivity contribution >= 4 is 23.5 Å². The minimum atomic E-state index is -1.11. The van der Waals surface area contributed by atoms with Gasteiger partial charge in [-0.1, -0.05) is 12.1 Å². The Hall–Kier alpha value is -1.75. The fraction of sp³-hybridized carbons (Fsp3) is 0.333. The van der Waals surface area contributed by atoms with Gasteiger partial charge in [0.2, 0.25) is 5.91 Å². The number of rotatable bonds is 5. The van der Waals surface area contributed by atoms with Crippen LogP contribution in [0.15, 0.2) is 24.3 Å².